The lowest BCUT2D eigenvalue weighted by atomic mass is 10.0. The van der Waals surface area contributed by atoms with Crippen LogP contribution in [-0.2, 0) is 6.18 Å². The molecule has 20 heavy (non-hydrogen) atoms. The molecule has 1 aliphatic carbocycles. The summed E-state index contributed by atoms with van der Waals surface area (Å²) in [5.74, 6) is -1.29. The number of aliphatic hydroxyl groups excluding tert-OH is 1. The quantitative estimate of drug-likeness (QED) is 0.833. The maximum atomic E-state index is 13.2. The standard InChI is InChI=1S/C14H17F4NO/c15-12-6-5-9(7-11(12)14(16,17)18)13(8-20)19-10-3-1-2-4-10/h5-7,10,13,19-20H,1-4,8H2. The molecule has 1 aliphatic rings. The van der Waals surface area contributed by atoms with Crippen molar-refractivity contribution in [1.29, 1.82) is 0 Å². The van der Waals surface area contributed by atoms with Gasteiger partial charge in [-0.1, -0.05) is 18.9 Å². The lowest BCUT2D eigenvalue weighted by molar-refractivity contribution is -0.140. The molecule has 1 aromatic rings. The Kier molecular flexibility index (Phi) is 4.65. The molecule has 0 heterocycles. The minimum atomic E-state index is -4.73. The number of alkyl halides is 3. The van der Waals surface area contributed by atoms with Crippen LogP contribution in [0.3, 0.4) is 0 Å². The van der Waals surface area contributed by atoms with Crippen LogP contribution in [-0.4, -0.2) is 17.8 Å². The number of rotatable bonds is 4. The Hall–Kier alpha value is -1.14. The number of nitrogens with one attached hydrogen (secondary N) is 1. The molecule has 0 radical (unpaired) electrons. The van der Waals surface area contributed by atoms with E-state index < -0.39 is 23.6 Å². The Bertz CT molecular complexity index is 455. The monoisotopic (exact) mass is 291 g/mol. The predicted octanol–water partition coefficient (Wildman–Crippen LogP) is 3.41. The van der Waals surface area contributed by atoms with Crippen LogP contribution in [0, 0.1) is 5.82 Å². The summed E-state index contributed by atoms with van der Waals surface area (Å²) >= 11 is 0. The van der Waals surface area contributed by atoms with Gasteiger partial charge in [0, 0.05) is 6.04 Å². The van der Waals surface area contributed by atoms with E-state index in [-0.39, 0.29) is 18.2 Å². The number of hydrogen-bond donors (Lipinski definition) is 2. The van der Waals surface area contributed by atoms with Crippen LogP contribution in [0.5, 0.6) is 0 Å². The van der Waals surface area contributed by atoms with E-state index in [9.17, 15) is 22.7 Å². The first-order chi connectivity index (χ1) is 9.41. The molecule has 1 aromatic carbocycles. The van der Waals surface area contributed by atoms with Gasteiger partial charge in [-0.3, -0.25) is 0 Å². The van der Waals surface area contributed by atoms with E-state index in [0.29, 0.717) is 0 Å². The first-order valence-corrected chi connectivity index (χ1v) is 6.65. The van der Waals surface area contributed by atoms with E-state index in [4.69, 9.17) is 0 Å². The summed E-state index contributed by atoms with van der Waals surface area (Å²) in [6.45, 7) is -0.320. The van der Waals surface area contributed by atoms with Crippen molar-refractivity contribution in [1.82, 2.24) is 5.32 Å². The van der Waals surface area contributed by atoms with Gasteiger partial charge in [-0.05, 0) is 30.5 Å². The summed E-state index contributed by atoms with van der Waals surface area (Å²) < 4.78 is 51.3. The molecule has 1 atom stereocenters. The van der Waals surface area contributed by atoms with Crippen LogP contribution < -0.4 is 5.32 Å². The SMILES string of the molecule is OCC(NC1CCCC1)c1ccc(F)c(C(F)(F)F)c1. The average Bonchev–Trinajstić information content (AvgIpc) is 2.88. The molecule has 1 saturated carbocycles. The Balaban J connectivity index is 2.21. The lowest BCUT2D eigenvalue weighted by Crippen LogP contribution is -2.33. The molecule has 0 aliphatic heterocycles. The second-order valence-corrected chi connectivity index (χ2v) is 5.12. The third kappa shape index (κ3) is 3.49. The van der Waals surface area contributed by atoms with Crippen molar-refractivity contribution < 1.29 is 22.7 Å². The highest BCUT2D eigenvalue weighted by atomic mass is 19.4. The van der Waals surface area contributed by atoms with Gasteiger partial charge in [-0.2, -0.15) is 13.2 Å². The highest BCUT2D eigenvalue weighted by molar-refractivity contribution is 5.29. The van der Waals surface area contributed by atoms with E-state index in [1.807, 2.05) is 0 Å². The van der Waals surface area contributed by atoms with E-state index in [1.54, 1.807) is 0 Å². The molecule has 2 nitrogen and oxygen atoms in total. The van der Waals surface area contributed by atoms with Gasteiger partial charge in [0.1, 0.15) is 5.82 Å². The van der Waals surface area contributed by atoms with Gasteiger partial charge in [0.2, 0.25) is 0 Å². The van der Waals surface area contributed by atoms with Gasteiger partial charge in [0.15, 0.2) is 0 Å². The second-order valence-electron chi connectivity index (χ2n) is 5.12. The van der Waals surface area contributed by atoms with Gasteiger partial charge in [0.25, 0.3) is 0 Å². The molecule has 0 saturated heterocycles. The first-order valence-electron chi connectivity index (χ1n) is 6.65. The average molecular weight is 291 g/mol. The molecule has 1 unspecified atom stereocenters. The zero-order chi connectivity index (χ0) is 14.8. The number of halogens is 4. The van der Waals surface area contributed by atoms with Gasteiger partial charge < -0.3 is 10.4 Å². The van der Waals surface area contributed by atoms with E-state index in [0.717, 1.165) is 37.8 Å². The molecule has 2 N–H and O–H groups in total. The van der Waals surface area contributed by atoms with Gasteiger partial charge in [-0.15, -0.1) is 0 Å². The Morgan fingerprint density at radius 3 is 2.45 bits per heavy atom. The van der Waals surface area contributed by atoms with Crippen LogP contribution >= 0.6 is 0 Å². The van der Waals surface area contributed by atoms with Crippen molar-refractivity contribution in [3.05, 3.63) is 35.1 Å². The van der Waals surface area contributed by atoms with Crippen LogP contribution in [0.15, 0.2) is 18.2 Å². The molecule has 6 heteroatoms. The second kappa shape index (κ2) is 6.10. The Labute approximate surface area is 114 Å². The third-order valence-electron chi connectivity index (χ3n) is 3.67. The molecule has 0 spiro atoms. The summed E-state index contributed by atoms with van der Waals surface area (Å²) in [4.78, 5) is 0. The molecule has 0 amide bonds. The highest BCUT2D eigenvalue weighted by Gasteiger charge is 2.34. The van der Waals surface area contributed by atoms with Crippen LogP contribution in [0.2, 0.25) is 0 Å². The van der Waals surface area contributed by atoms with Gasteiger partial charge in [-0.25, -0.2) is 4.39 Å². The minimum absolute atomic E-state index is 0.200. The van der Waals surface area contributed by atoms with E-state index in [2.05, 4.69) is 5.32 Å². The normalized spacial score (nSPS) is 18.4. The summed E-state index contributed by atoms with van der Waals surface area (Å²) in [7, 11) is 0. The van der Waals surface area contributed by atoms with Crippen molar-refractivity contribution in [2.24, 2.45) is 0 Å². The topological polar surface area (TPSA) is 32.3 Å². The minimum Gasteiger partial charge on any atom is -0.394 e. The molecular weight excluding hydrogens is 274 g/mol. The van der Waals surface area contributed by atoms with Crippen molar-refractivity contribution in [3.8, 4) is 0 Å². The molecular formula is C14H17F4NO. The van der Waals surface area contributed by atoms with Crippen molar-refractivity contribution >= 4 is 0 Å². The van der Waals surface area contributed by atoms with Crippen molar-refractivity contribution in [2.45, 2.75) is 43.9 Å². The number of hydrogen-bond acceptors (Lipinski definition) is 2. The Morgan fingerprint density at radius 1 is 1.25 bits per heavy atom. The highest BCUT2D eigenvalue weighted by Crippen LogP contribution is 2.33. The van der Waals surface area contributed by atoms with Gasteiger partial charge in [0.05, 0.1) is 18.2 Å². The van der Waals surface area contributed by atoms with Crippen LogP contribution in [0.4, 0.5) is 17.6 Å². The largest absolute Gasteiger partial charge is 0.419 e. The van der Waals surface area contributed by atoms with E-state index in [1.165, 1.54) is 6.07 Å². The van der Waals surface area contributed by atoms with Crippen molar-refractivity contribution in [3.63, 3.8) is 0 Å². The lowest BCUT2D eigenvalue weighted by Gasteiger charge is -2.22. The predicted molar refractivity (Wildman–Crippen MR) is 66.6 cm³/mol. The summed E-state index contributed by atoms with van der Waals surface area (Å²) in [6.07, 6.45) is -0.679. The molecule has 1 fully saturated rings. The summed E-state index contributed by atoms with van der Waals surface area (Å²) in [6, 6.07) is 2.47. The van der Waals surface area contributed by atoms with Crippen LogP contribution in [0.25, 0.3) is 0 Å². The fourth-order valence-electron chi connectivity index (χ4n) is 2.61. The molecule has 0 aromatic heterocycles. The number of benzene rings is 1. The zero-order valence-electron chi connectivity index (χ0n) is 10.9. The maximum absolute atomic E-state index is 13.2. The Morgan fingerprint density at radius 2 is 1.90 bits per heavy atom. The fourth-order valence-corrected chi connectivity index (χ4v) is 2.61. The third-order valence-corrected chi connectivity index (χ3v) is 3.67. The zero-order valence-corrected chi connectivity index (χ0v) is 10.9. The molecule has 112 valence electrons. The molecule has 0 bridgehead atoms. The van der Waals surface area contributed by atoms with Crippen molar-refractivity contribution in [2.75, 3.05) is 6.61 Å². The molecule has 2 rings (SSSR count). The maximum Gasteiger partial charge on any atom is 0.419 e. The fraction of sp³-hybridized carbons (Fsp3) is 0.571. The summed E-state index contributed by atoms with van der Waals surface area (Å²) in [5.41, 5.74) is -1.03. The first kappa shape index (κ1) is 15.3. The van der Waals surface area contributed by atoms with Gasteiger partial charge >= 0.3 is 6.18 Å². The summed E-state index contributed by atoms with van der Waals surface area (Å²) in [5, 5.41) is 12.5. The van der Waals surface area contributed by atoms with Crippen LogP contribution in [0.1, 0.15) is 42.9 Å². The smallest absolute Gasteiger partial charge is 0.394 e. The number of aliphatic hydroxyl groups is 1. The van der Waals surface area contributed by atoms with E-state index >= 15 is 0 Å².